The maximum atomic E-state index is 4.85. The third kappa shape index (κ3) is 4.36. The van der Waals surface area contributed by atoms with Crippen molar-refractivity contribution in [2.45, 2.75) is 13.8 Å². The Labute approximate surface area is 250 Å². The molecule has 0 spiro atoms. The fourth-order valence-electron chi connectivity index (χ4n) is 6.07. The number of fused-ring (bicyclic) bond motifs is 4. The van der Waals surface area contributed by atoms with Crippen molar-refractivity contribution in [2.24, 2.45) is 0 Å². The molecule has 0 bridgehead atoms. The molecular formula is C39H30N4. The SMILES string of the molecule is Cc1ccc(N(c2ccc(C)cc2)c2ccc(-n3c4ccccc4c4cc(-c5nc6ccccc6[nH]5)ccc43)cc2)cc1. The van der Waals surface area contributed by atoms with Gasteiger partial charge in [-0.15, -0.1) is 0 Å². The van der Waals surface area contributed by atoms with Gasteiger partial charge in [-0.2, -0.15) is 0 Å². The number of nitrogens with zero attached hydrogens (tertiary/aromatic N) is 3. The second-order valence-corrected chi connectivity index (χ2v) is 11.2. The molecule has 8 aromatic rings. The summed E-state index contributed by atoms with van der Waals surface area (Å²) in [5.41, 5.74) is 12.5. The van der Waals surface area contributed by atoms with Crippen LogP contribution in [0.4, 0.5) is 17.1 Å². The number of anilines is 3. The molecule has 0 radical (unpaired) electrons. The first-order chi connectivity index (χ1) is 21.1. The van der Waals surface area contributed by atoms with Crippen molar-refractivity contribution >= 4 is 49.9 Å². The van der Waals surface area contributed by atoms with Crippen LogP contribution in [0, 0.1) is 13.8 Å². The Bertz CT molecular complexity index is 2160. The molecule has 1 N–H and O–H groups in total. The zero-order valence-electron chi connectivity index (χ0n) is 24.1. The zero-order chi connectivity index (χ0) is 28.9. The highest BCUT2D eigenvalue weighted by Gasteiger charge is 2.16. The average molecular weight is 555 g/mol. The predicted octanol–water partition coefficient (Wildman–Crippen LogP) is 10.4. The summed E-state index contributed by atoms with van der Waals surface area (Å²) in [5.74, 6) is 0.886. The standard InChI is InChI=1S/C39H30N4/c1-26-11-16-29(17-12-26)42(30-18-13-27(2)14-19-30)31-20-22-32(23-21-31)43-37-10-6-3-7-33(37)34-25-28(15-24-38(34)43)39-40-35-8-4-5-9-36(35)41-39/h3-25H,1-2H3,(H,40,41). The van der Waals surface area contributed by atoms with Gasteiger partial charge in [0.05, 0.1) is 22.1 Å². The van der Waals surface area contributed by atoms with Crippen LogP contribution in [0.2, 0.25) is 0 Å². The van der Waals surface area contributed by atoms with E-state index in [9.17, 15) is 0 Å². The Morgan fingerprint density at radius 1 is 0.558 bits per heavy atom. The van der Waals surface area contributed by atoms with Crippen LogP contribution < -0.4 is 4.90 Å². The molecule has 43 heavy (non-hydrogen) atoms. The molecule has 2 heterocycles. The van der Waals surface area contributed by atoms with Crippen LogP contribution in [0.1, 0.15) is 11.1 Å². The van der Waals surface area contributed by atoms with Crippen molar-refractivity contribution in [3.63, 3.8) is 0 Å². The summed E-state index contributed by atoms with van der Waals surface area (Å²) in [6, 6.07) is 49.8. The summed E-state index contributed by atoms with van der Waals surface area (Å²) in [4.78, 5) is 10.7. The van der Waals surface area contributed by atoms with Gasteiger partial charge in [-0.3, -0.25) is 0 Å². The molecule has 0 saturated carbocycles. The van der Waals surface area contributed by atoms with Gasteiger partial charge < -0.3 is 14.5 Å². The van der Waals surface area contributed by atoms with Gasteiger partial charge in [0.1, 0.15) is 5.82 Å². The summed E-state index contributed by atoms with van der Waals surface area (Å²) >= 11 is 0. The second kappa shape index (κ2) is 10.0. The van der Waals surface area contributed by atoms with E-state index in [1.165, 1.54) is 32.9 Å². The van der Waals surface area contributed by atoms with E-state index < -0.39 is 0 Å². The topological polar surface area (TPSA) is 36.9 Å². The van der Waals surface area contributed by atoms with E-state index in [4.69, 9.17) is 4.98 Å². The number of aromatic amines is 1. The molecule has 0 amide bonds. The van der Waals surface area contributed by atoms with Gasteiger partial charge in [0, 0.05) is 39.1 Å². The maximum Gasteiger partial charge on any atom is 0.138 e. The number of nitrogens with one attached hydrogen (secondary N) is 1. The molecule has 206 valence electrons. The van der Waals surface area contributed by atoms with Crippen molar-refractivity contribution in [1.82, 2.24) is 14.5 Å². The first kappa shape index (κ1) is 25.1. The number of aryl methyl sites for hydroxylation is 2. The van der Waals surface area contributed by atoms with Gasteiger partial charge in [-0.25, -0.2) is 4.98 Å². The molecule has 0 unspecified atom stereocenters. The minimum absolute atomic E-state index is 0.886. The molecule has 4 heteroatoms. The number of hydrogen-bond donors (Lipinski definition) is 1. The summed E-state index contributed by atoms with van der Waals surface area (Å²) in [6.45, 7) is 4.25. The Morgan fingerprint density at radius 2 is 1.14 bits per heavy atom. The van der Waals surface area contributed by atoms with Crippen molar-refractivity contribution < 1.29 is 0 Å². The van der Waals surface area contributed by atoms with E-state index in [-0.39, 0.29) is 0 Å². The fraction of sp³-hybridized carbons (Fsp3) is 0.0513. The van der Waals surface area contributed by atoms with E-state index >= 15 is 0 Å². The van der Waals surface area contributed by atoms with Crippen molar-refractivity contribution in [2.75, 3.05) is 4.90 Å². The summed E-state index contributed by atoms with van der Waals surface area (Å²) in [5, 5.41) is 2.43. The van der Waals surface area contributed by atoms with Gasteiger partial charge in [0.25, 0.3) is 0 Å². The molecule has 6 aromatic carbocycles. The van der Waals surface area contributed by atoms with Crippen LogP contribution in [0.5, 0.6) is 0 Å². The van der Waals surface area contributed by atoms with Crippen molar-refractivity contribution in [1.29, 1.82) is 0 Å². The molecule has 0 aliphatic heterocycles. The molecule has 0 fully saturated rings. The second-order valence-electron chi connectivity index (χ2n) is 11.2. The smallest absolute Gasteiger partial charge is 0.138 e. The van der Waals surface area contributed by atoms with E-state index in [0.717, 1.165) is 45.2 Å². The largest absolute Gasteiger partial charge is 0.338 e. The van der Waals surface area contributed by atoms with Crippen LogP contribution in [-0.4, -0.2) is 14.5 Å². The number of hydrogen-bond acceptors (Lipinski definition) is 2. The average Bonchev–Trinajstić information content (AvgIpc) is 3.63. The Balaban J connectivity index is 1.24. The number of aromatic nitrogens is 3. The number of imidazole rings is 1. The number of H-pyrrole nitrogens is 1. The van der Waals surface area contributed by atoms with Crippen LogP contribution in [0.3, 0.4) is 0 Å². The lowest BCUT2D eigenvalue weighted by Crippen LogP contribution is -2.10. The van der Waals surface area contributed by atoms with E-state index in [2.05, 4.69) is 150 Å². The molecule has 2 aromatic heterocycles. The minimum Gasteiger partial charge on any atom is -0.338 e. The fourth-order valence-corrected chi connectivity index (χ4v) is 6.07. The Kier molecular flexibility index (Phi) is 5.86. The van der Waals surface area contributed by atoms with Crippen molar-refractivity contribution in [3.05, 3.63) is 151 Å². The lowest BCUT2D eigenvalue weighted by atomic mass is 10.1. The monoisotopic (exact) mass is 554 g/mol. The molecule has 4 nitrogen and oxygen atoms in total. The first-order valence-corrected chi connectivity index (χ1v) is 14.6. The van der Waals surface area contributed by atoms with Gasteiger partial charge in [-0.1, -0.05) is 65.7 Å². The van der Waals surface area contributed by atoms with Gasteiger partial charge >= 0.3 is 0 Å². The summed E-state index contributed by atoms with van der Waals surface area (Å²) in [6.07, 6.45) is 0. The maximum absolute atomic E-state index is 4.85. The van der Waals surface area contributed by atoms with Gasteiger partial charge in [-0.05, 0) is 98.8 Å². The third-order valence-corrected chi connectivity index (χ3v) is 8.29. The highest BCUT2D eigenvalue weighted by molar-refractivity contribution is 6.10. The summed E-state index contributed by atoms with van der Waals surface area (Å²) < 4.78 is 2.36. The van der Waals surface area contributed by atoms with Crippen molar-refractivity contribution in [3.8, 4) is 17.1 Å². The van der Waals surface area contributed by atoms with Crippen LogP contribution >= 0.6 is 0 Å². The predicted molar refractivity (Wildman–Crippen MR) is 180 cm³/mol. The molecular weight excluding hydrogens is 524 g/mol. The number of rotatable bonds is 5. The molecule has 0 aliphatic rings. The molecule has 0 aliphatic carbocycles. The van der Waals surface area contributed by atoms with Gasteiger partial charge in [0.15, 0.2) is 0 Å². The lowest BCUT2D eigenvalue weighted by molar-refractivity contribution is 1.17. The first-order valence-electron chi connectivity index (χ1n) is 14.6. The van der Waals surface area contributed by atoms with E-state index in [1.54, 1.807) is 0 Å². The Hall–Kier alpha value is -5.61. The molecule has 8 rings (SSSR count). The summed E-state index contributed by atoms with van der Waals surface area (Å²) in [7, 11) is 0. The van der Waals surface area contributed by atoms with E-state index in [0.29, 0.717) is 0 Å². The van der Waals surface area contributed by atoms with Crippen LogP contribution in [-0.2, 0) is 0 Å². The van der Waals surface area contributed by atoms with Gasteiger partial charge in [0.2, 0.25) is 0 Å². The Morgan fingerprint density at radius 3 is 1.81 bits per heavy atom. The normalized spacial score (nSPS) is 11.5. The number of para-hydroxylation sites is 3. The van der Waals surface area contributed by atoms with Crippen LogP contribution in [0.15, 0.2) is 140 Å². The van der Waals surface area contributed by atoms with E-state index in [1.807, 2.05) is 18.2 Å². The van der Waals surface area contributed by atoms with Crippen LogP contribution in [0.25, 0.3) is 49.9 Å². The molecule has 0 atom stereocenters. The minimum atomic E-state index is 0.886. The highest BCUT2D eigenvalue weighted by Crippen LogP contribution is 2.38. The quantitative estimate of drug-likeness (QED) is 0.230. The number of benzene rings is 6. The lowest BCUT2D eigenvalue weighted by Gasteiger charge is -2.26. The highest BCUT2D eigenvalue weighted by atomic mass is 15.1. The third-order valence-electron chi connectivity index (χ3n) is 8.29. The zero-order valence-corrected chi connectivity index (χ0v) is 24.1. The molecule has 0 saturated heterocycles.